The number of carbonyl (C=O) groups excluding carboxylic acids is 1. The van der Waals surface area contributed by atoms with Gasteiger partial charge in [-0.15, -0.1) is 0 Å². The molecule has 1 fully saturated rings. The number of nitrogens with zero attached hydrogens (tertiary/aromatic N) is 1. The number of fused-ring (bicyclic) bond motifs is 1. The van der Waals surface area contributed by atoms with Crippen molar-refractivity contribution in [2.45, 2.75) is 38.1 Å². The number of methoxy groups -OCH3 is 1. The lowest BCUT2D eigenvalue weighted by Gasteiger charge is -2.28. The number of amides is 1. The predicted octanol–water partition coefficient (Wildman–Crippen LogP) is 4.19. The zero-order valence-corrected chi connectivity index (χ0v) is 16.8. The maximum atomic E-state index is 12.0. The monoisotopic (exact) mass is 395 g/mol. The first kappa shape index (κ1) is 18.7. The van der Waals surface area contributed by atoms with E-state index < -0.39 is 0 Å². The minimum Gasteiger partial charge on any atom is -0.497 e. The van der Waals surface area contributed by atoms with Crippen LogP contribution in [0.3, 0.4) is 0 Å². The molecule has 1 heterocycles. The molecule has 2 aromatic carbocycles. The summed E-state index contributed by atoms with van der Waals surface area (Å²) in [6, 6.07) is 14.3. The second-order valence-corrected chi connectivity index (χ2v) is 7.72. The molecule has 0 spiro atoms. The molecule has 1 saturated heterocycles. The van der Waals surface area contributed by atoms with Crippen molar-refractivity contribution in [3.05, 3.63) is 53.6 Å². The summed E-state index contributed by atoms with van der Waals surface area (Å²) in [5.41, 5.74) is 4.42. The van der Waals surface area contributed by atoms with E-state index in [2.05, 4.69) is 22.8 Å². The van der Waals surface area contributed by atoms with Crippen LogP contribution in [0, 0.1) is 0 Å². The van der Waals surface area contributed by atoms with Crippen molar-refractivity contribution in [2.75, 3.05) is 23.9 Å². The Labute approximate surface area is 171 Å². The molecule has 4 rings (SSSR count). The molecule has 2 N–H and O–H groups in total. The lowest BCUT2D eigenvalue weighted by atomic mass is 9.87. The van der Waals surface area contributed by atoms with Gasteiger partial charge in [-0.1, -0.05) is 12.1 Å². The highest BCUT2D eigenvalue weighted by Gasteiger charge is 2.23. The smallest absolute Gasteiger partial charge is 0.227 e. The van der Waals surface area contributed by atoms with Gasteiger partial charge in [0.25, 0.3) is 0 Å². The van der Waals surface area contributed by atoms with Gasteiger partial charge in [-0.25, -0.2) is 0 Å². The number of anilines is 2. The minimum absolute atomic E-state index is 0.187. The topological polar surface area (TPSA) is 53.6 Å². The Morgan fingerprint density at radius 1 is 1.18 bits per heavy atom. The molecule has 0 bridgehead atoms. The normalized spacial score (nSPS) is 18.5. The summed E-state index contributed by atoms with van der Waals surface area (Å²) in [7, 11) is 1.70. The maximum Gasteiger partial charge on any atom is 0.227 e. The van der Waals surface area contributed by atoms with Crippen LogP contribution in [-0.2, 0) is 11.2 Å². The van der Waals surface area contributed by atoms with E-state index in [1.54, 1.807) is 7.11 Å². The second-order valence-electron chi connectivity index (χ2n) is 7.31. The summed E-state index contributed by atoms with van der Waals surface area (Å²) in [5, 5.41) is 7.33. The van der Waals surface area contributed by atoms with Crippen molar-refractivity contribution in [1.82, 2.24) is 5.32 Å². The molecule has 0 radical (unpaired) electrons. The summed E-state index contributed by atoms with van der Waals surface area (Å²) >= 11 is 5.57. The number of aryl methyl sites for hydroxylation is 1. The molecule has 146 valence electrons. The van der Waals surface area contributed by atoms with Gasteiger partial charge in [0.1, 0.15) is 5.75 Å². The second kappa shape index (κ2) is 8.19. The van der Waals surface area contributed by atoms with Gasteiger partial charge < -0.3 is 20.3 Å². The lowest BCUT2D eigenvalue weighted by molar-refractivity contribution is -0.117. The van der Waals surface area contributed by atoms with E-state index in [4.69, 9.17) is 17.0 Å². The molecule has 5 nitrogen and oxygen atoms in total. The van der Waals surface area contributed by atoms with Gasteiger partial charge in [0.05, 0.1) is 13.2 Å². The predicted molar refractivity (Wildman–Crippen MR) is 116 cm³/mol. The molecule has 6 heteroatoms. The third-order valence-electron chi connectivity index (χ3n) is 5.46. The number of ether oxygens (including phenoxy) is 1. The van der Waals surface area contributed by atoms with Crippen molar-refractivity contribution >= 4 is 34.6 Å². The third kappa shape index (κ3) is 3.97. The van der Waals surface area contributed by atoms with Crippen LogP contribution in [0.25, 0.3) is 0 Å². The molecule has 1 atom stereocenters. The third-order valence-corrected chi connectivity index (χ3v) is 5.68. The quantitative estimate of drug-likeness (QED) is 0.761. The van der Waals surface area contributed by atoms with Crippen molar-refractivity contribution in [2.24, 2.45) is 0 Å². The van der Waals surface area contributed by atoms with E-state index in [0.29, 0.717) is 11.5 Å². The van der Waals surface area contributed by atoms with Crippen LogP contribution in [0.2, 0.25) is 0 Å². The Balaban J connectivity index is 1.44. The van der Waals surface area contributed by atoms with Gasteiger partial charge in [-0.3, -0.25) is 4.79 Å². The largest absolute Gasteiger partial charge is 0.497 e. The van der Waals surface area contributed by atoms with E-state index in [1.165, 1.54) is 11.1 Å². The Morgan fingerprint density at radius 2 is 2.07 bits per heavy atom. The van der Waals surface area contributed by atoms with Gasteiger partial charge >= 0.3 is 0 Å². The first-order valence-electron chi connectivity index (χ1n) is 9.79. The number of thiocarbonyl (C=S) groups is 1. The standard InChI is InChI=1S/C22H25N3O2S/c1-27-18-10-11-19-15(13-18)5-2-8-20(19)24-22(28)23-16-6-3-7-17(14-16)25-12-4-9-21(25)26/h3,6-7,10-11,13-14,20H,2,4-5,8-9,12H2,1H3,(H2,23,24,28). The van der Waals surface area contributed by atoms with Gasteiger partial charge in [-0.2, -0.15) is 0 Å². The number of rotatable bonds is 4. The van der Waals surface area contributed by atoms with Gasteiger partial charge in [0.2, 0.25) is 5.91 Å². The Kier molecular flexibility index (Phi) is 5.48. The van der Waals surface area contributed by atoms with E-state index in [0.717, 1.165) is 49.4 Å². The summed E-state index contributed by atoms with van der Waals surface area (Å²) in [6.07, 6.45) is 4.78. The van der Waals surface area contributed by atoms with E-state index in [-0.39, 0.29) is 11.9 Å². The van der Waals surface area contributed by atoms with Crippen LogP contribution in [-0.4, -0.2) is 24.7 Å². The fourth-order valence-electron chi connectivity index (χ4n) is 4.07. The molecule has 1 amide bonds. The molecule has 1 unspecified atom stereocenters. The SMILES string of the molecule is COc1ccc2c(c1)CCCC2NC(=S)Nc1cccc(N2CCCC2=O)c1. The molecule has 2 aliphatic rings. The molecule has 28 heavy (non-hydrogen) atoms. The zero-order valence-electron chi connectivity index (χ0n) is 16.0. The van der Waals surface area contributed by atoms with Crippen molar-refractivity contribution in [3.8, 4) is 5.75 Å². The summed E-state index contributed by atoms with van der Waals surface area (Å²) < 4.78 is 5.35. The highest BCUT2D eigenvalue weighted by Crippen LogP contribution is 2.32. The molecular formula is C22H25N3O2S. The highest BCUT2D eigenvalue weighted by molar-refractivity contribution is 7.80. The van der Waals surface area contributed by atoms with Crippen molar-refractivity contribution < 1.29 is 9.53 Å². The average Bonchev–Trinajstić information content (AvgIpc) is 3.14. The Morgan fingerprint density at radius 3 is 2.86 bits per heavy atom. The Hall–Kier alpha value is -2.60. The van der Waals surface area contributed by atoms with Crippen LogP contribution in [0.1, 0.15) is 42.9 Å². The van der Waals surface area contributed by atoms with E-state index >= 15 is 0 Å². The average molecular weight is 396 g/mol. The number of hydrogen-bond donors (Lipinski definition) is 2. The van der Waals surface area contributed by atoms with Crippen LogP contribution in [0.4, 0.5) is 11.4 Å². The minimum atomic E-state index is 0.187. The van der Waals surface area contributed by atoms with Crippen LogP contribution in [0.5, 0.6) is 5.75 Å². The molecule has 1 aliphatic heterocycles. The zero-order chi connectivity index (χ0) is 19.5. The fourth-order valence-corrected chi connectivity index (χ4v) is 4.33. The lowest BCUT2D eigenvalue weighted by Crippen LogP contribution is -2.34. The van der Waals surface area contributed by atoms with Crippen molar-refractivity contribution in [3.63, 3.8) is 0 Å². The number of hydrogen-bond acceptors (Lipinski definition) is 3. The first-order valence-corrected chi connectivity index (χ1v) is 10.2. The molecule has 1 aliphatic carbocycles. The number of benzene rings is 2. The fraction of sp³-hybridized carbons (Fsp3) is 0.364. The summed E-state index contributed by atoms with van der Waals surface area (Å²) in [6.45, 7) is 0.785. The molecule has 0 saturated carbocycles. The van der Waals surface area contributed by atoms with E-state index in [9.17, 15) is 4.79 Å². The van der Waals surface area contributed by atoms with Crippen LogP contribution in [0.15, 0.2) is 42.5 Å². The van der Waals surface area contributed by atoms with E-state index in [1.807, 2.05) is 35.2 Å². The Bertz CT molecular complexity index is 899. The van der Waals surface area contributed by atoms with Gasteiger partial charge in [0.15, 0.2) is 5.11 Å². The van der Waals surface area contributed by atoms with Crippen LogP contribution >= 0.6 is 12.2 Å². The number of nitrogens with one attached hydrogen (secondary N) is 2. The van der Waals surface area contributed by atoms with Crippen molar-refractivity contribution in [1.29, 1.82) is 0 Å². The number of carbonyl (C=O) groups is 1. The summed E-state index contributed by atoms with van der Waals surface area (Å²) in [4.78, 5) is 13.8. The molecular weight excluding hydrogens is 370 g/mol. The van der Waals surface area contributed by atoms with Gasteiger partial charge in [-0.05, 0) is 79.4 Å². The maximum absolute atomic E-state index is 12.0. The summed E-state index contributed by atoms with van der Waals surface area (Å²) in [5.74, 6) is 1.08. The van der Waals surface area contributed by atoms with Gasteiger partial charge in [0, 0.05) is 24.3 Å². The van der Waals surface area contributed by atoms with Crippen LogP contribution < -0.4 is 20.3 Å². The molecule has 0 aromatic heterocycles. The first-order chi connectivity index (χ1) is 13.6. The molecule has 2 aromatic rings. The highest BCUT2D eigenvalue weighted by atomic mass is 32.1.